The van der Waals surface area contributed by atoms with Gasteiger partial charge in [-0.05, 0) is 12.5 Å². The van der Waals surface area contributed by atoms with Crippen molar-refractivity contribution in [3.05, 3.63) is 41.9 Å². The quantitative estimate of drug-likeness (QED) is 0.756. The van der Waals surface area contributed by atoms with Crippen molar-refractivity contribution >= 4 is 22.2 Å². The van der Waals surface area contributed by atoms with Gasteiger partial charge in [0.05, 0.1) is 5.69 Å². The fourth-order valence-corrected chi connectivity index (χ4v) is 3.00. The van der Waals surface area contributed by atoms with E-state index in [2.05, 4.69) is 15.4 Å². The number of imidazole rings is 1. The van der Waals surface area contributed by atoms with Crippen LogP contribution in [0.2, 0.25) is 0 Å². The molecule has 6 nitrogen and oxygen atoms in total. The zero-order valence-corrected chi connectivity index (χ0v) is 12.6. The fraction of sp³-hybridized carbons (Fsp3) is 0.357. The fourth-order valence-electron chi connectivity index (χ4n) is 2.29. The van der Waals surface area contributed by atoms with Gasteiger partial charge in [-0.15, -0.1) is 11.3 Å². The molecule has 0 saturated carbocycles. The second-order valence-corrected chi connectivity index (χ2v) is 5.65. The van der Waals surface area contributed by atoms with Crippen LogP contribution < -0.4 is 5.32 Å². The first kappa shape index (κ1) is 13.8. The van der Waals surface area contributed by atoms with E-state index in [1.54, 1.807) is 22.2 Å². The van der Waals surface area contributed by atoms with Crippen LogP contribution in [0.1, 0.15) is 25.1 Å². The Balaban J connectivity index is 1.54. The molecule has 0 saturated heterocycles. The normalized spacial score (nSPS) is 12.6. The number of thiazole rings is 1. The number of fused-ring (bicyclic) bond motifs is 1. The lowest BCUT2D eigenvalue weighted by atomic mass is 10.2. The standard InChI is InChI=1S/C14H17N5OS/c1-2-12(19-7-3-5-16-19)13(20)15-6-4-11-10-18-8-9-21-14(18)17-11/h3,5,7-10,12H,2,4,6H2,1H3,(H,15,20)/t12-/m1/s1. The number of carbonyl (C=O) groups excluding carboxylic acids is 1. The van der Waals surface area contributed by atoms with E-state index in [0.717, 1.165) is 17.1 Å². The van der Waals surface area contributed by atoms with Crippen molar-refractivity contribution in [2.24, 2.45) is 0 Å². The SMILES string of the molecule is CC[C@H](C(=O)NCCc1cn2ccsc2n1)n1cccn1. The molecular weight excluding hydrogens is 286 g/mol. The van der Waals surface area contributed by atoms with Gasteiger partial charge in [0, 0.05) is 43.1 Å². The molecule has 0 aromatic carbocycles. The molecule has 0 aliphatic rings. The van der Waals surface area contributed by atoms with Gasteiger partial charge in [-0.2, -0.15) is 5.10 Å². The van der Waals surface area contributed by atoms with Crippen molar-refractivity contribution in [2.75, 3.05) is 6.54 Å². The van der Waals surface area contributed by atoms with Crippen molar-refractivity contribution < 1.29 is 4.79 Å². The lowest BCUT2D eigenvalue weighted by molar-refractivity contribution is -0.124. The topological polar surface area (TPSA) is 64.2 Å². The van der Waals surface area contributed by atoms with Gasteiger partial charge < -0.3 is 5.32 Å². The third kappa shape index (κ3) is 2.97. The van der Waals surface area contributed by atoms with Gasteiger partial charge in [-0.1, -0.05) is 6.92 Å². The molecule has 1 atom stereocenters. The van der Waals surface area contributed by atoms with Gasteiger partial charge in [0.1, 0.15) is 6.04 Å². The number of carbonyl (C=O) groups is 1. The summed E-state index contributed by atoms with van der Waals surface area (Å²) < 4.78 is 3.70. The van der Waals surface area contributed by atoms with E-state index in [0.29, 0.717) is 13.0 Å². The third-order valence-corrected chi connectivity index (χ3v) is 4.13. The minimum absolute atomic E-state index is 0.00206. The molecule has 0 fully saturated rings. The number of nitrogens with zero attached hydrogens (tertiary/aromatic N) is 4. The first-order valence-corrected chi connectivity index (χ1v) is 7.84. The van der Waals surface area contributed by atoms with Crippen LogP contribution in [0.5, 0.6) is 0 Å². The van der Waals surface area contributed by atoms with Crippen molar-refractivity contribution in [1.82, 2.24) is 24.5 Å². The maximum atomic E-state index is 12.2. The highest BCUT2D eigenvalue weighted by atomic mass is 32.1. The minimum Gasteiger partial charge on any atom is -0.354 e. The summed E-state index contributed by atoms with van der Waals surface area (Å²) in [7, 11) is 0. The van der Waals surface area contributed by atoms with Gasteiger partial charge in [-0.25, -0.2) is 4.98 Å². The molecule has 0 radical (unpaired) electrons. The second-order valence-electron chi connectivity index (χ2n) is 4.78. The molecule has 0 bridgehead atoms. The zero-order valence-electron chi connectivity index (χ0n) is 11.8. The van der Waals surface area contributed by atoms with Crippen LogP contribution in [-0.2, 0) is 11.2 Å². The summed E-state index contributed by atoms with van der Waals surface area (Å²) in [5.41, 5.74) is 0.995. The predicted molar refractivity (Wildman–Crippen MR) is 81.3 cm³/mol. The Labute approximate surface area is 126 Å². The molecule has 3 heterocycles. The van der Waals surface area contributed by atoms with E-state index >= 15 is 0 Å². The number of aromatic nitrogens is 4. The molecule has 21 heavy (non-hydrogen) atoms. The number of hydrogen-bond acceptors (Lipinski definition) is 4. The lowest BCUT2D eigenvalue weighted by Gasteiger charge is -2.15. The Hall–Kier alpha value is -2.15. The maximum Gasteiger partial charge on any atom is 0.244 e. The van der Waals surface area contributed by atoms with E-state index in [4.69, 9.17) is 0 Å². The molecule has 3 rings (SSSR count). The van der Waals surface area contributed by atoms with Crippen LogP contribution in [0.15, 0.2) is 36.2 Å². The van der Waals surface area contributed by atoms with Crippen molar-refractivity contribution in [1.29, 1.82) is 0 Å². The van der Waals surface area contributed by atoms with Crippen molar-refractivity contribution in [3.63, 3.8) is 0 Å². The Bertz CT molecular complexity index is 686. The number of nitrogens with one attached hydrogen (secondary N) is 1. The molecule has 0 aliphatic carbocycles. The first-order valence-electron chi connectivity index (χ1n) is 6.96. The molecule has 1 amide bonds. The largest absolute Gasteiger partial charge is 0.354 e. The summed E-state index contributed by atoms with van der Waals surface area (Å²) in [6, 6.07) is 1.58. The number of rotatable bonds is 6. The Kier molecular flexibility index (Phi) is 4.01. The Morgan fingerprint density at radius 2 is 2.38 bits per heavy atom. The molecule has 0 aliphatic heterocycles. The molecule has 3 aromatic heterocycles. The van der Waals surface area contributed by atoms with E-state index in [9.17, 15) is 4.79 Å². The van der Waals surface area contributed by atoms with E-state index in [1.165, 1.54) is 0 Å². The summed E-state index contributed by atoms with van der Waals surface area (Å²) in [6.07, 6.45) is 8.94. The Morgan fingerprint density at radius 3 is 3.10 bits per heavy atom. The molecule has 110 valence electrons. The van der Waals surface area contributed by atoms with Gasteiger partial charge in [-0.3, -0.25) is 13.9 Å². The maximum absolute atomic E-state index is 12.2. The Morgan fingerprint density at radius 1 is 1.48 bits per heavy atom. The molecule has 3 aromatic rings. The average Bonchev–Trinajstić information content (AvgIpc) is 3.15. The van der Waals surface area contributed by atoms with Gasteiger partial charge in [0.2, 0.25) is 5.91 Å². The van der Waals surface area contributed by atoms with E-state index in [1.807, 2.05) is 41.4 Å². The highest BCUT2D eigenvalue weighted by Crippen LogP contribution is 2.12. The zero-order chi connectivity index (χ0) is 14.7. The smallest absolute Gasteiger partial charge is 0.244 e. The summed E-state index contributed by atoms with van der Waals surface area (Å²) >= 11 is 1.61. The lowest BCUT2D eigenvalue weighted by Crippen LogP contribution is -2.33. The average molecular weight is 303 g/mol. The number of hydrogen-bond donors (Lipinski definition) is 1. The first-order chi connectivity index (χ1) is 10.3. The summed E-state index contributed by atoms with van der Waals surface area (Å²) in [6.45, 7) is 2.57. The molecule has 7 heteroatoms. The summed E-state index contributed by atoms with van der Waals surface area (Å²) in [4.78, 5) is 17.7. The van der Waals surface area contributed by atoms with E-state index < -0.39 is 0 Å². The molecule has 0 spiro atoms. The van der Waals surface area contributed by atoms with Crippen LogP contribution in [0.3, 0.4) is 0 Å². The summed E-state index contributed by atoms with van der Waals surface area (Å²) in [5.74, 6) is 0.00206. The number of amides is 1. The van der Waals surface area contributed by atoms with Crippen molar-refractivity contribution in [3.8, 4) is 0 Å². The van der Waals surface area contributed by atoms with Crippen molar-refractivity contribution in [2.45, 2.75) is 25.8 Å². The summed E-state index contributed by atoms with van der Waals surface area (Å²) in [5, 5.41) is 9.10. The van der Waals surface area contributed by atoms with Gasteiger partial charge in [0.15, 0.2) is 4.96 Å². The monoisotopic (exact) mass is 303 g/mol. The predicted octanol–water partition coefficient (Wildman–Crippen LogP) is 1.90. The van der Waals surface area contributed by atoms with Crippen LogP contribution in [-0.4, -0.2) is 31.6 Å². The highest BCUT2D eigenvalue weighted by Gasteiger charge is 2.17. The van der Waals surface area contributed by atoms with Crippen LogP contribution in [0, 0.1) is 0 Å². The molecular formula is C14H17N5OS. The second kappa shape index (κ2) is 6.09. The van der Waals surface area contributed by atoms with Crippen LogP contribution in [0.4, 0.5) is 0 Å². The van der Waals surface area contributed by atoms with Crippen LogP contribution >= 0.6 is 11.3 Å². The van der Waals surface area contributed by atoms with Gasteiger partial charge >= 0.3 is 0 Å². The minimum atomic E-state index is -0.245. The molecule has 0 unspecified atom stereocenters. The van der Waals surface area contributed by atoms with E-state index in [-0.39, 0.29) is 11.9 Å². The van der Waals surface area contributed by atoms with Crippen LogP contribution in [0.25, 0.3) is 4.96 Å². The highest BCUT2D eigenvalue weighted by molar-refractivity contribution is 7.15. The molecule has 1 N–H and O–H groups in total. The van der Waals surface area contributed by atoms with Gasteiger partial charge in [0.25, 0.3) is 0 Å². The third-order valence-electron chi connectivity index (χ3n) is 3.36.